The number of aromatic amines is 1. The maximum absolute atomic E-state index is 11.1. The lowest BCUT2D eigenvalue weighted by molar-refractivity contribution is 0.0351. The SMILES string of the molecule is CC1(O)CCN(c2cn[nH]c(=O)c2)CC1. The molecule has 1 aliphatic rings. The van der Waals surface area contributed by atoms with Crippen molar-refractivity contribution in [1.82, 2.24) is 10.2 Å². The first-order valence-electron chi connectivity index (χ1n) is 5.09. The molecule has 0 bridgehead atoms. The largest absolute Gasteiger partial charge is 0.390 e. The van der Waals surface area contributed by atoms with E-state index < -0.39 is 5.60 Å². The molecule has 1 saturated heterocycles. The summed E-state index contributed by atoms with van der Waals surface area (Å²) in [6.07, 6.45) is 3.08. The summed E-state index contributed by atoms with van der Waals surface area (Å²) in [5.74, 6) is 0. The molecule has 1 aromatic heterocycles. The van der Waals surface area contributed by atoms with Crippen LogP contribution in [0, 0.1) is 0 Å². The van der Waals surface area contributed by atoms with Gasteiger partial charge in [-0.15, -0.1) is 0 Å². The first-order valence-corrected chi connectivity index (χ1v) is 5.09. The Bertz CT molecular complexity index is 390. The van der Waals surface area contributed by atoms with Crippen LogP contribution in [-0.4, -0.2) is 34.0 Å². The van der Waals surface area contributed by atoms with Gasteiger partial charge in [-0.05, 0) is 19.8 Å². The van der Waals surface area contributed by atoms with E-state index >= 15 is 0 Å². The molecule has 1 aliphatic heterocycles. The molecule has 2 rings (SSSR count). The van der Waals surface area contributed by atoms with E-state index in [0.717, 1.165) is 31.6 Å². The first-order chi connectivity index (χ1) is 7.07. The third kappa shape index (κ3) is 2.36. The minimum absolute atomic E-state index is 0.190. The van der Waals surface area contributed by atoms with Gasteiger partial charge in [0.15, 0.2) is 0 Å². The second kappa shape index (κ2) is 3.66. The summed E-state index contributed by atoms with van der Waals surface area (Å²) < 4.78 is 0. The highest BCUT2D eigenvalue weighted by molar-refractivity contribution is 5.43. The van der Waals surface area contributed by atoms with E-state index in [0.29, 0.717) is 0 Å². The van der Waals surface area contributed by atoms with E-state index in [2.05, 4.69) is 15.1 Å². The van der Waals surface area contributed by atoms with Gasteiger partial charge >= 0.3 is 0 Å². The van der Waals surface area contributed by atoms with E-state index in [9.17, 15) is 9.90 Å². The molecule has 0 atom stereocenters. The van der Waals surface area contributed by atoms with Gasteiger partial charge in [0.1, 0.15) is 0 Å². The monoisotopic (exact) mass is 209 g/mol. The molecule has 5 heteroatoms. The van der Waals surface area contributed by atoms with Crippen LogP contribution < -0.4 is 10.5 Å². The van der Waals surface area contributed by atoms with Crippen LogP contribution in [0.5, 0.6) is 0 Å². The van der Waals surface area contributed by atoms with Crippen LogP contribution in [0.15, 0.2) is 17.1 Å². The van der Waals surface area contributed by atoms with Gasteiger partial charge in [-0.3, -0.25) is 4.79 Å². The minimum Gasteiger partial charge on any atom is -0.390 e. The van der Waals surface area contributed by atoms with E-state index in [1.165, 1.54) is 6.07 Å². The Kier molecular flexibility index (Phi) is 2.48. The van der Waals surface area contributed by atoms with E-state index in [-0.39, 0.29) is 5.56 Å². The molecule has 1 fully saturated rings. The molecule has 0 amide bonds. The summed E-state index contributed by atoms with van der Waals surface area (Å²) in [6.45, 7) is 3.37. The van der Waals surface area contributed by atoms with Crippen molar-refractivity contribution >= 4 is 5.69 Å². The number of aromatic nitrogens is 2. The van der Waals surface area contributed by atoms with Gasteiger partial charge in [0.05, 0.1) is 17.5 Å². The van der Waals surface area contributed by atoms with E-state index in [1.54, 1.807) is 6.20 Å². The molecule has 0 saturated carbocycles. The second-order valence-corrected chi connectivity index (χ2v) is 4.29. The van der Waals surface area contributed by atoms with Gasteiger partial charge in [0.25, 0.3) is 5.56 Å². The number of nitrogens with one attached hydrogen (secondary N) is 1. The van der Waals surface area contributed by atoms with Crippen molar-refractivity contribution in [2.45, 2.75) is 25.4 Å². The quantitative estimate of drug-likeness (QED) is 0.689. The lowest BCUT2D eigenvalue weighted by atomic mass is 9.94. The zero-order chi connectivity index (χ0) is 10.9. The molecule has 0 spiro atoms. The molecule has 82 valence electrons. The Morgan fingerprint density at radius 1 is 1.53 bits per heavy atom. The van der Waals surface area contributed by atoms with Crippen molar-refractivity contribution in [3.63, 3.8) is 0 Å². The zero-order valence-electron chi connectivity index (χ0n) is 8.73. The van der Waals surface area contributed by atoms with E-state index in [4.69, 9.17) is 0 Å². The maximum Gasteiger partial charge on any atom is 0.266 e. The van der Waals surface area contributed by atoms with Crippen LogP contribution in [0.25, 0.3) is 0 Å². The lowest BCUT2D eigenvalue weighted by Gasteiger charge is -2.36. The molecule has 15 heavy (non-hydrogen) atoms. The van der Waals surface area contributed by atoms with Gasteiger partial charge in [-0.25, -0.2) is 5.10 Å². The summed E-state index contributed by atoms with van der Waals surface area (Å²) in [5, 5.41) is 15.9. The molecule has 1 aromatic rings. The first kappa shape index (κ1) is 10.2. The number of anilines is 1. The smallest absolute Gasteiger partial charge is 0.266 e. The zero-order valence-corrected chi connectivity index (χ0v) is 8.73. The molecule has 0 aromatic carbocycles. The molecule has 2 N–H and O–H groups in total. The predicted octanol–water partition coefficient (Wildman–Crippen LogP) is 0.121. The molecule has 0 radical (unpaired) electrons. The van der Waals surface area contributed by atoms with Gasteiger partial charge in [-0.2, -0.15) is 5.10 Å². The van der Waals surface area contributed by atoms with Crippen molar-refractivity contribution in [3.05, 3.63) is 22.6 Å². The van der Waals surface area contributed by atoms with Crippen molar-refractivity contribution in [2.75, 3.05) is 18.0 Å². The topological polar surface area (TPSA) is 69.2 Å². The van der Waals surface area contributed by atoms with Crippen LogP contribution in [0.2, 0.25) is 0 Å². The van der Waals surface area contributed by atoms with Crippen LogP contribution in [0.3, 0.4) is 0 Å². The van der Waals surface area contributed by atoms with Crippen LogP contribution >= 0.6 is 0 Å². The van der Waals surface area contributed by atoms with Gasteiger partial charge in [-0.1, -0.05) is 0 Å². The highest BCUT2D eigenvalue weighted by atomic mass is 16.3. The number of hydrogen-bond acceptors (Lipinski definition) is 4. The Hall–Kier alpha value is -1.36. The molecule has 0 unspecified atom stereocenters. The normalized spacial score (nSPS) is 20.3. The molecule has 5 nitrogen and oxygen atoms in total. The fourth-order valence-corrected chi connectivity index (χ4v) is 1.79. The number of rotatable bonds is 1. The summed E-state index contributed by atoms with van der Waals surface area (Å²) in [5.41, 5.74) is 0.0737. The average Bonchev–Trinajstić information content (AvgIpc) is 2.17. The summed E-state index contributed by atoms with van der Waals surface area (Å²) in [4.78, 5) is 13.1. The number of piperidine rings is 1. The fourth-order valence-electron chi connectivity index (χ4n) is 1.79. The third-order valence-electron chi connectivity index (χ3n) is 2.86. The van der Waals surface area contributed by atoms with Crippen LogP contribution in [-0.2, 0) is 0 Å². The minimum atomic E-state index is -0.564. The Morgan fingerprint density at radius 3 is 2.80 bits per heavy atom. The highest BCUT2D eigenvalue weighted by Crippen LogP contribution is 2.24. The van der Waals surface area contributed by atoms with Gasteiger partial charge in [0.2, 0.25) is 0 Å². The number of aliphatic hydroxyl groups is 1. The Labute approximate surface area is 87.7 Å². The molecule has 2 heterocycles. The van der Waals surface area contributed by atoms with Crippen LogP contribution in [0.1, 0.15) is 19.8 Å². The number of hydrogen-bond donors (Lipinski definition) is 2. The number of nitrogens with zero attached hydrogens (tertiary/aromatic N) is 2. The predicted molar refractivity (Wildman–Crippen MR) is 56.9 cm³/mol. The molecular weight excluding hydrogens is 194 g/mol. The Balaban J connectivity index is 2.11. The average molecular weight is 209 g/mol. The van der Waals surface area contributed by atoms with Crippen molar-refractivity contribution in [3.8, 4) is 0 Å². The summed E-state index contributed by atoms with van der Waals surface area (Å²) in [7, 11) is 0. The Morgan fingerprint density at radius 2 is 2.20 bits per heavy atom. The van der Waals surface area contributed by atoms with Crippen molar-refractivity contribution in [1.29, 1.82) is 0 Å². The van der Waals surface area contributed by atoms with E-state index in [1.807, 2.05) is 6.92 Å². The maximum atomic E-state index is 11.1. The highest BCUT2D eigenvalue weighted by Gasteiger charge is 2.27. The standard InChI is InChI=1S/C10H15N3O2/c1-10(15)2-4-13(5-3-10)8-6-9(14)12-11-7-8/h6-7,15H,2-5H2,1H3,(H,12,14). The number of H-pyrrole nitrogens is 1. The fraction of sp³-hybridized carbons (Fsp3) is 0.600. The van der Waals surface area contributed by atoms with Gasteiger partial charge in [0, 0.05) is 19.2 Å². The second-order valence-electron chi connectivity index (χ2n) is 4.29. The molecular formula is C10H15N3O2. The summed E-state index contributed by atoms with van der Waals surface area (Å²) in [6, 6.07) is 1.53. The summed E-state index contributed by atoms with van der Waals surface area (Å²) >= 11 is 0. The molecule has 0 aliphatic carbocycles. The van der Waals surface area contributed by atoms with Crippen molar-refractivity contribution < 1.29 is 5.11 Å². The lowest BCUT2D eigenvalue weighted by Crippen LogP contribution is -2.42. The van der Waals surface area contributed by atoms with Crippen molar-refractivity contribution in [2.24, 2.45) is 0 Å². The third-order valence-corrected chi connectivity index (χ3v) is 2.86. The van der Waals surface area contributed by atoms with Crippen LogP contribution in [0.4, 0.5) is 5.69 Å². The van der Waals surface area contributed by atoms with Gasteiger partial charge < -0.3 is 10.0 Å².